The van der Waals surface area contributed by atoms with Gasteiger partial charge in [0, 0.05) is 18.7 Å². The maximum atomic E-state index is 13.0. The molecule has 1 aliphatic rings. The van der Waals surface area contributed by atoms with E-state index in [2.05, 4.69) is 16.0 Å². The summed E-state index contributed by atoms with van der Waals surface area (Å²) in [5.41, 5.74) is 0.525. The van der Waals surface area contributed by atoms with Crippen molar-refractivity contribution >= 4 is 23.8 Å². The molecule has 1 unspecified atom stereocenters. The standard InChI is InChI=1S/C23H26N4O5/c1-4-24-20(29)16-7-5-6-15(12-16)13-25-19(28)14-27-21(30)23(2,26-22(27)31)17-8-10-18(32-3)11-9-17/h5-12H,4,13-14H2,1-3H3,(H,24,29)(H,25,28)(H,26,31). The van der Waals surface area contributed by atoms with E-state index in [0.29, 0.717) is 23.4 Å². The van der Waals surface area contributed by atoms with Gasteiger partial charge in [-0.3, -0.25) is 19.3 Å². The first-order chi connectivity index (χ1) is 15.3. The van der Waals surface area contributed by atoms with Gasteiger partial charge in [0.15, 0.2) is 0 Å². The van der Waals surface area contributed by atoms with Crippen molar-refractivity contribution in [2.45, 2.75) is 25.9 Å². The number of rotatable bonds is 8. The molecule has 5 amide bonds. The Morgan fingerprint density at radius 3 is 2.47 bits per heavy atom. The molecule has 2 aromatic rings. The van der Waals surface area contributed by atoms with Crippen molar-refractivity contribution in [1.82, 2.24) is 20.9 Å². The summed E-state index contributed by atoms with van der Waals surface area (Å²) in [4.78, 5) is 50.7. The van der Waals surface area contributed by atoms with Crippen molar-refractivity contribution in [3.05, 3.63) is 65.2 Å². The van der Waals surface area contributed by atoms with E-state index >= 15 is 0 Å². The summed E-state index contributed by atoms with van der Waals surface area (Å²) in [6.07, 6.45) is 0. The molecule has 0 aromatic heterocycles. The van der Waals surface area contributed by atoms with Crippen LogP contribution >= 0.6 is 0 Å². The quantitative estimate of drug-likeness (QED) is 0.541. The maximum Gasteiger partial charge on any atom is 0.325 e. The number of hydrogen-bond donors (Lipinski definition) is 3. The summed E-state index contributed by atoms with van der Waals surface area (Å²) in [5.74, 6) is -0.573. The number of ether oxygens (including phenoxy) is 1. The van der Waals surface area contributed by atoms with Crippen LogP contribution in [0.3, 0.4) is 0 Å². The fraction of sp³-hybridized carbons (Fsp3) is 0.304. The Balaban J connectivity index is 1.63. The number of nitrogens with zero attached hydrogens (tertiary/aromatic N) is 1. The highest BCUT2D eigenvalue weighted by atomic mass is 16.5. The molecule has 0 aliphatic carbocycles. The minimum atomic E-state index is -1.27. The van der Waals surface area contributed by atoms with Crippen molar-refractivity contribution < 1.29 is 23.9 Å². The number of methoxy groups -OCH3 is 1. The van der Waals surface area contributed by atoms with E-state index in [1.54, 1.807) is 55.5 Å². The number of benzene rings is 2. The van der Waals surface area contributed by atoms with Crippen molar-refractivity contribution in [1.29, 1.82) is 0 Å². The molecule has 1 saturated heterocycles. The lowest BCUT2D eigenvalue weighted by Crippen LogP contribution is -2.43. The summed E-state index contributed by atoms with van der Waals surface area (Å²) in [6.45, 7) is 3.69. The summed E-state index contributed by atoms with van der Waals surface area (Å²) < 4.78 is 5.12. The minimum Gasteiger partial charge on any atom is -0.497 e. The molecule has 32 heavy (non-hydrogen) atoms. The van der Waals surface area contributed by atoms with Gasteiger partial charge < -0.3 is 20.7 Å². The molecule has 3 rings (SSSR count). The molecular formula is C23H26N4O5. The molecule has 1 atom stereocenters. The Hall–Kier alpha value is -3.88. The van der Waals surface area contributed by atoms with Gasteiger partial charge >= 0.3 is 6.03 Å². The second-order valence-electron chi connectivity index (χ2n) is 7.51. The Morgan fingerprint density at radius 2 is 1.81 bits per heavy atom. The van der Waals surface area contributed by atoms with Crippen LogP contribution in [0.4, 0.5) is 4.79 Å². The Kier molecular flexibility index (Phi) is 6.77. The second-order valence-corrected chi connectivity index (χ2v) is 7.51. The van der Waals surface area contributed by atoms with Crippen LogP contribution in [0.2, 0.25) is 0 Å². The van der Waals surface area contributed by atoms with Crippen molar-refractivity contribution in [2.75, 3.05) is 20.2 Å². The zero-order valence-corrected chi connectivity index (χ0v) is 18.2. The number of amides is 5. The van der Waals surface area contributed by atoms with Gasteiger partial charge in [-0.15, -0.1) is 0 Å². The lowest BCUT2D eigenvalue weighted by atomic mass is 9.92. The fourth-order valence-corrected chi connectivity index (χ4v) is 3.45. The lowest BCUT2D eigenvalue weighted by molar-refractivity contribution is -0.134. The van der Waals surface area contributed by atoms with Crippen molar-refractivity contribution in [3.8, 4) is 5.75 Å². The normalized spacial score (nSPS) is 17.7. The van der Waals surface area contributed by atoms with E-state index in [1.165, 1.54) is 7.11 Å². The number of nitrogens with one attached hydrogen (secondary N) is 3. The fourth-order valence-electron chi connectivity index (χ4n) is 3.45. The monoisotopic (exact) mass is 438 g/mol. The molecule has 0 bridgehead atoms. The summed E-state index contributed by atoms with van der Waals surface area (Å²) in [5, 5.41) is 8.07. The van der Waals surface area contributed by atoms with Gasteiger partial charge in [0.05, 0.1) is 7.11 Å². The largest absolute Gasteiger partial charge is 0.497 e. The SMILES string of the molecule is CCNC(=O)c1cccc(CNC(=O)CN2C(=O)NC(C)(c3ccc(OC)cc3)C2=O)c1. The predicted octanol–water partition coefficient (Wildman–Crippen LogP) is 1.53. The Labute approximate surface area is 186 Å². The molecule has 0 radical (unpaired) electrons. The Bertz CT molecular complexity index is 1040. The van der Waals surface area contributed by atoms with Crippen LogP contribution in [0, 0.1) is 0 Å². The number of imide groups is 1. The highest BCUT2D eigenvalue weighted by molar-refractivity contribution is 6.09. The highest BCUT2D eigenvalue weighted by Crippen LogP contribution is 2.29. The van der Waals surface area contributed by atoms with Crippen LogP contribution in [0.5, 0.6) is 5.75 Å². The molecule has 1 heterocycles. The molecule has 9 heteroatoms. The van der Waals surface area contributed by atoms with E-state index in [4.69, 9.17) is 4.74 Å². The van der Waals surface area contributed by atoms with Crippen LogP contribution < -0.4 is 20.7 Å². The van der Waals surface area contributed by atoms with E-state index < -0.39 is 29.9 Å². The van der Waals surface area contributed by atoms with Crippen molar-refractivity contribution in [3.63, 3.8) is 0 Å². The highest BCUT2D eigenvalue weighted by Gasteiger charge is 2.49. The van der Waals surface area contributed by atoms with Crippen LogP contribution in [0.25, 0.3) is 0 Å². The van der Waals surface area contributed by atoms with Crippen LogP contribution in [0.15, 0.2) is 48.5 Å². The topological polar surface area (TPSA) is 117 Å². The first-order valence-corrected chi connectivity index (χ1v) is 10.2. The third-order valence-electron chi connectivity index (χ3n) is 5.26. The average Bonchev–Trinajstić information content (AvgIpc) is 3.02. The summed E-state index contributed by atoms with van der Waals surface area (Å²) in [7, 11) is 1.54. The van der Waals surface area contributed by atoms with Crippen LogP contribution in [-0.4, -0.2) is 48.9 Å². The summed E-state index contributed by atoms with van der Waals surface area (Å²) >= 11 is 0. The zero-order valence-electron chi connectivity index (χ0n) is 18.2. The van der Waals surface area contributed by atoms with E-state index in [1.807, 2.05) is 6.92 Å². The zero-order chi connectivity index (χ0) is 23.3. The van der Waals surface area contributed by atoms with Crippen molar-refractivity contribution in [2.24, 2.45) is 0 Å². The molecule has 9 nitrogen and oxygen atoms in total. The second kappa shape index (κ2) is 9.51. The molecule has 1 fully saturated rings. The molecule has 1 aliphatic heterocycles. The number of carbonyl (C=O) groups is 4. The molecule has 168 valence electrons. The van der Waals surface area contributed by atoms with Gasteiger partial charge in [-0.25, -0.2) is 4.79 Å². The van der Waals surface area contributed by atoms with Gasteiger partial charge in [-0.2, -0.15) is 0 Å². The average molecular weight is 438 g/mol. The number of carbonyl (C=O) groups excluding carboxylic acids is 4. The smallest absolute Gasteiger partial charge is 0.325 e. The van der Waals surface area contributed by atoms with Gasteiger partial charge in [-0.05, 0) is 49.2 Å². The van der Waals surface area contributed by atoms with Gasteiger partial charge in [0.25, 0.3) is 11.8 Å². The first kappa shape index (κ1) is 22.8. The van der Waals surface area contributed by atoms with E-state index in [-0.39, 0.29) is 12.5 Å². The molecule has 0 saturated carbocycles. The number of hydrogen-bond acceptors (Lipinski definition) is 5. The van der Waals surface area contributed by atoms with E-state index in [9.17, 15) is 19.2 Å². The van der Waals surface area contributed by atoms with Gasteiger partial charge in [0.1, 0.15) is 17.8 Å². The van der Waals surface area contributed by atoms with Crippen LogP contribution in [-0.2, 0) is 21.7 Å². The third-order valence-corrected chi connectivity index (χ3v) is 5.26. The summed E-state index contributed by atoms with van der Waals surface area (Å²) in [6, 6.07) is 13.0. The van der Waals surface area contributed by atoms with Gasteiger partial charge in [-0.1, -0.05) is 24.3 Å². The third kappa shape index (κ3) is 4.72. The maximum absolute atomic E-state index is 13.0. The molecule has 3 N–H and O–H groups in total. The molecule has 0 spiro atoms. The first-order valence-electron chi connectivity index (χ1n) is 10.2. The lowest BCUT2D eigenvalue weighted by Gasteiger charge is -2.22. The molecular weight excluding hydrogens is 412 g/mol. The molecule has 2 aromatic carbocycles. The Morgan fingerprint density at radius 1 is 1.09 bits per heavy atom. The van der Waals surface area contributed by atoms with Crippen LogP contribution in [0.1, 0.15) is 35.3 Å². The predicted molar refractivity (Wildman–Crippen MR) is 117 cm³/mol. The minimum absolute atomic E-state index is 0.158. The number of urea groups is 1. The van der Waals surface area contributed by atoms with Gasteiger partial charge in [0.2, 0.25) is 5.91 Å². The van der Waals surface area contributed by atoms with E-state index in [0.717, 1.165) is 10.5 Å².